The second kappa shape index (κ2) is 4.97. The number of rotatable bonds is 3. The second-order valence-corrected chi connectivity index (χ2v) is 3.73. The topological polar surface area (TPSA) is 67.2 Å². The molecule has 0 aliphatic rings. The van der Waals surface area contributed by atoms with Crippen LogP contribution in [0, 0.1) is 5.82 Å². The van der Waals surface area contributed by atoms with E-state index in [0.29, 0.717) is 17.9 Å². The van der Waals surface area contributed by atoms with Gasteiger partial charge in [-0.2, -0.15) is 9.78 Å². The lowest BCUT2D eigenvalue weighted by Gasteiger charge is -2.08. The Morgan fingerprint density at radius 3 is 2.67 bits per heavy atom. The molecule has 0 spiro atoms. The summed E-state index contributed by atoms with van der Waals surface area (Å²) in [4.78, 5) is 11.7. The third kappa shape index (κ3) is 2.38. The van der Waals surface area contributed by atoms with Crippen LogP contribution in [0.25, 0.3) is 5.69 Å². The average Bonchev–Trinajstić information content (AvgIpc) is 2.34. The molecule has 0 aliphatic carbocycles. The third-order valence-electron chi connectivity index (χ3n) is 2.40. The third-order valence-corrected chi connectivity index (χ3v) is 2.40. The summed E-state index contributed by atoms with van der Waals surface area (Å²) >= 11 is 0. The zero-order valence-electron chi connectivity index (χ0n) is 9.72. The number of benzene rings is 1. The molecule has 0 saturated carbocycles. The van der Waals surface area contributed by atoms with Gasteiger partial charge in [0.1, 0.15) is 17.3 Å². The first kappa shape index (κ1) is 12.3. The average molecular weight is 249 g/mol. The van der Waals surface area contributed by atoms with Gasteiger partial charge in [-0.15, -0.1) is 0 Å². The molecule has 5 nitrogen and oxygen atoms in total. The van der Waals surface area contributed by atoms with Crippen molar-refractivity contribution in [3.8, 4) is 11.4 Å². The zero-order chi connectivity index (χ0) is 13.1. The fraction of sp³-hybridized carbons (Fsp3) is 0.167. The number of halogens is 1. The summed E-state index contributed by atoms with van der Waals surface area (Å²) in [5.41, 5.74) is 0.319. The molecule has 1 aromatic carbocycles. The Balaban J connectivity index is 2.53. The van der Waals surface area contributed by atoms with Crippen molar-refractivity contribution < 1.29 is 9.50 Å². The molecular weight excluding hydrogens is 237 g/mol. The van der Waals surface area contributed by atoms with Crippen LogP contribution in [0.3, 0.4) is 0 Å². The SMILES string of the molecule is CNCc1nn(-c2ccc(F)cc2)c(=O)cc1O. The maximum absolute atomic E-state index is 12.8. The van der Waals surface area contributed by atoms with Crippen LogP contribution in [0.5, 0.6) is 5.75 Å². The normalized spacial score (nSPS) is 10.6. The van der Waals surface area contributed by atoms with Gasteiger partial charge < -0.3 is 10.4 Å². The van der Waals surface area contributed by atoms with Crippen molar-refractivity contribution in [1.82, 2.24) is 15.1 Å². The lowest BCUT2D eigenvalue weighted by molar-refractivity contribution is 0.453. The van der Waals surface area contributed by atoms with E-state index < -0.39 is 5.56 Å². The van der Waals surface area contributed by atoms with E-state index in [1.165, 1.54) is 24.3 Å². The summed E-state index contributed by atoms with van der Waals surface area (Å²) in [5, 5.41) is 16.4. The van der Waals surface area contributed by atoms with Gasteiger partial charge in [0.25, 0.3) is 5.56 Å². The highest BCUT2D eigenvalue weighted by atomic mass is 19.1. The van der Waals surface area contributed by atoms with Gasteiger partial charge >= 0.3 is 0 Å². The summed E-state index contributed by atoms with van der Waals surface area (Å²) in [6, 6.07) is 6.47. The van der Waals surface area contributed by atoms with Crippen LogP contribution >= 0.6 is 0 Å². The number of nitrogens with one attached hydrogen (secondary N) is 1. The Bertz CT molecular complexity index is 608. The summed E-state index contributed by atoms with van der Waals surface area (Å²) in [7, 11) is 1.70. The van der Waals surface area contributed by atoms with Gasteiger partial charge in [0, 0.05) is 12.6 Å². The van der Waals surface area contributed by atoms with Crippen LogP contribution in [0.2, 0.25) is 0 Å². The van der Waals surface area contributed by atoms with Crippen LogP contribution in [0.4, 0.5) is 4.39 Å². The maximum atomic E-state index is 12.8. The monoisotopic (exact) mass is 249 g/mol. The number of hydrogen-bond donors (Lipinski definition) is 2. The van der Waals surface area contributed by atoms with Crippen molar-refractivity contribution >= 4 is 0 Å². The number of aromatic hydroxyl groups is 1. The van der Waals surface area contributed by atoms with E-state index in [9.17, 15) is 14.3 Å². The van der Waals surface area contributed by atoms with Gasteiger partial charge in [-0.3, -0.25) is 4.79 Å². The molecule has 6 heteroatoms. The van der Waals surface area contributed by atoms with E-state index in [4.69, 9.17) is 0 Å². The van der Waals surface area contributed by atoms with Crippen LogP contribution in [-0.2, 0) is 6.54 Å². The molecule has 0 bridgehead atoms. The van der Waals surface area contributed by atoms with Gasteiger partial charge in [0.05, 0.1) is 5.69 Å². The lowest BCUT2D eigenvalue weighted by Crippen LogP contribution is -2.23. The molecule has 1 aromatic heterocycles. The first-order valence-electron chi connectivity index (χ1n) is 5.34. The predicted molar refractivity (Wildman–Crippen MR) is 64.2 cm³/mol. The van der Waals surface area contributed by atoms with E-state index in [1.54, 1.807) is 7.05 Å². The zero-order valence-corrected chi connectivity index (χ0v) is 9.72. The molecule has 2 rings (SSSR count). The summed E-state index contributed by atoms with van der Waals surface area (Å²) in [6.45, 7) is 0.327. The molecule has 2 aromatic rings. The van der Waals surface area contributed by atoms with Crippen LogP contribution < -0.4 is 10.9 Å². The molecule has 94 valence electrons. The largest absolute Gasteiger partial charge is 0.506 e. The molecule has 18 heavy (non-hydrogen) atoms. The predicted octanol–water partition coefficient (Wildman–Crippen LogP) is 0.797. The molecule has 0 aliphatic heterocycles. The summed E-state index contributed by atoms with van der Waals surface area (Å²) in [6.07, 6.45) is 0. The van der Waals surface area contributed by atoms with E-state index >= 15 is 0 Å². The molecule has 2 N–H and O–H groups in total. The van der Waals surface area contributed by atoms with Gasteiger partial charge in [-0.25, -0.2) is 4.39 Å². The molecule has 0 unspecified atom stereocenters. The van der Waals surface area contributed by atoms with Crippen LogP contribution in [0.15, 0.2) is 35.1 Å². The standard InChI is InChI=1S/C12H12FN3O2/c1-14-7-10-11(17)6-12(18)16(15-10)9-4-2-8(13)3-5-9/h2-6,14,17H,7H2,1H3. The van der Waals surface area contributed by atoms with Crippen molar-refractivity contribution in [3.05, 3.63) is 52.2 Å². The molecule has 0 atom stereocenters. The van der Waals surface area contributed by atoms with Crippen molar-refractivity contribution in [2.45, 2.75) is 6.54 Å². The Morgan fingerprint density at radius 1 is 1.39 bits per heavy atom. The highest BCUT2D eigenvalue weighted by Crippen LogP contribution is 2.12. The maximum Gasteiger partial charge on any atom is 0.275 e. The van der Waals surface area contributed by atoms with Crippen molar-refractivity contribution in [2.75, 3.05) is 7.05 Å². The number of nitrogens with zero attached hydrogens (tertiary/aromatic N) is 2. The quantitative estimate of drug-likeness (QED) is 0.844. The van der Waals surface area contributed by atoms with Crippen LogP contribution in [-0.4, -0.2) is 21.9 Å². The lowest BCUT2D eigenvalue weighted by atomic mass is 10.3. The smallest absolute Gasteiger partial charge is 0.275 e. The van der Waals surface area contributed by atoms with Crippen molar-refractivity contribution in [3.63, 3.8) is 0 Å². The van der Waals surface area contributed by atoms with Gasteiger partial charge in [-0.1, -0.05) is 0 Å². The fourth-order valence-corrected chi connectivity index (χ4v) is 1.54. The fourth-order valence-electron chi connectivity index (χ4n) is 1.54. The number of aromatic nitrogens is 2. The molecular formula is C12H12FN3O2. The second-order valence-electron chi connectivity index (χ2n) is 3.73. The highest BCUT2D eigenvalue weighted by molar-refractivity contribution is 5.33. The molecule has 0 amide bonds. The highest BCUT2D eigenvalue weighted by Gasteiger charge is 2.08. The van der Waals surface area contributed by atoms with E-state index in [0.717, 1.165) is 10.7 Å². The minimum absolute atomic E-state index is 0.160. The Labute approximate surface area is 103 Å². The van der Waals surface area contributed by atoms with Gasteiger partial charge in [0.15, 0.2) is 0 Å². The number of hydrogen-bond acceptors (Lipinski definition) is 4. The molecule has 0 saturated heterocycles. The van der Waals surface area contributed by atoms with E-state index in [2.05, 4.69) is 10.4 Å². The molecule has 0 radical (unpaired) electrons. The van der Waals surface area contributed by atoms with E-state index in [1.807, 2.05) is 0 Å². The Kier molecular flexibility index (Phi) is 3.38. The van der Waals surface area contributed by atoms with Gasteiger partial charge in [0.2, 0.25) is 0 Å². The Hall–Kier alpha value is -2.21. The van der Waals surface area contributed by atoms with Crippen molar-refractivity contribution in [1.29, 1.82) is 0 Å². The van der Waals surface area contributed by atoms with Crippen molar-refractivity contribution in [2.24, 2.45) is 0 Å². The first-order valence-corrected chi connectivity index (χ1v) is 5.34. The molecule has 0 fully saturated rings. The summed E-state index contributed by atoms with van der Waals surface area (Å²) in [5.74, 6) is -0.547. The first-order chi connectivity index (χ1) is 8.61. The van der Waals surface area contributed by atoms with Crippen LogP contribution in [0.1, 0.15) is 5.69 Å². The molecule has 1 heterocycles. The summed E-state index contributed by atoms with van der Waals surface area (Å²) < 4.78 is 13.9. The van der Waals surface area contributed by atoms with Gasteiger partial charge in [-0.05, 0) is 31.3 Å². The van der Waals surface area contributed by atoms with E-state index in [-0.39, 0.29) is 11.6 Å². The minimum atomic E-state index is -0.473. The minimum Gasteiger partial charge on any atom is -0.506 e. The Morgan fingerprint density at radius 2 is 2.06 bits per heavy atom.